The number of methoxy groups -OCH3 is 1. The van der Waals surface area contributed by atoms with Gasteiger partial charge in [-0.25, -0.2) is 0 Å². The molecule has 1 fully saturated rings. The van der Waals surface area contributed by atoms with Crippen molar-refractivity contribution in [3.63, 3.8) is 0 Å². The standard InChI is InChI=1S/C24H19NO7/c1-29-16-7-4-14(5-8-16)21-20(22(26)15-6-9-18-19(11-15)32-13-31-18)23(27)24(28)25(21)12-17-3-2-10-30-17/h2-11,21,26H,12-13H2,1H3/b22-20-. The van der Waals surface area contributed by atoms with Crippen LogP contribution in [0.15, 0.2) is 70.9 Å². The molecule has 162 valence electrons. The van der Waals surface area contributed by atoms with Crippen LogP contribution in [0.5, 0.6) is 17.2 Å². The van der Waals surface area contributed by atoms with Crippen molar-refractivity contribution in [2.45, 2.75) is 12.6 Å². The number of benzene rings is 2. The molecule has 1 aromatic heterocycles. The van der Waals surface area contributed by atoms with Crippen LogP contribution in [0.3, 0.4) is 0 Å². The van der Waals surface area contributed by atoms with Crippen molar-refractivity contribution in [3.05, 3.63) is 83.3 Å². The molecule has 1 amide bonds. The molecule has 3 aromatic rings. The zero-order valence-electron chi connectivity index (χ0n) is 17.1. The highest BCUT2D eigenvalue weighted by Gasteiger charge is 2.46. The Balaban J connectivity index is 1.63. The Morgan fingerprint density at radius 3 is 2.59 bits per heavy atom. The summed E-state index contributed by atoms with van der Waals surface area (Å²) in [5, 5.41) is 11.2. The predicted octanol–water partition coefficient (Wildman–Crippen LogP) is 3.64. The van der Waals surface area contributed by atoms with E-state index in [0.717, 1.165) is 0 Å². The second-order valence-corrected chi connectivity index (χ2v) is 7.35. The molecule has 2 aliphatic rings. The van der Waals surface area contributed by atoms with E-state index in [9.17, 15) is 14.7 Å². The number of Topliss-reactive ketones (excluding diaryl/α,β-unsaturated/α-hetero) is 1. The van der Waals surface area contributed by atoms with E-state index < -0.39 is 17.7 Å². The monoisotopic (exact) mass is 433 g/mol. The van der Waals surface area contributed by atoms with Crippen molar-refractivity contribution in [2.24, 2.45) is 0 Å². The molecule has 5 rings (SSSR count). The quantitative estimate of drug-likeness (QED) is 0.373. The van der Waals surface area contributed by atoms with Gasteiger partial charge in [0.25, 0.3) is 11.7 Å². The van der Waals surface area contributed by atoms with Gasteiger partial charge in [0.15, 0.2) is 11.5 Å². The van der Waals surface area contributed by atoms with Crippen molar-refractivity contribution in [2.75, 3.05) is 13.9 Å². The van der Waals surface area contributed by atoms with E-state index in [1.165, 1.54) is 11.2 Å². The number of rotatable bonds is 5. The van der Waals surface area contributed by atoms with Crippen LogP contribution in [0.2, 0.25) is 0 Å². The highest BCUT2D eigenvalue weighted by molar-refractivity contribution is 6.46. The maximum absolute atomic E-state index is 13.1. The minimum atomic E-state index is -0.809. The molecule has 2 aliphatic heterocycles. The smallest absolute Gasteiger partial charge is 0.296 e. The van der Waals surface area contributed by atoms with Gasteiger partial charge in [0.1, 0.15) is 17.3 Å². The van der Waals surface area contributed by atoms with Crippen LogP contribution in [0, 0.1) is 0 Å². The molecule has 0 bridgehead atoms. The van der Waals surface area contributed by atoms with Gasteiger partial charge >= 0.3 is 0 Å². The fraction of sp³-hybridized carbons (Fsp3) is 0.167. The van der Waals surface area contributed by atoms with E-state index in [1.807, 2.05) is 0 Å². The zero-order chi connectivity index (χ0) is 22.2. The first-order valence-corrected chi connectivity index (χ1v) is 9.91. The molecule has 1 unspecified atom stereocenters. The van der Waals surface area contributed by atoms with Gasteiger partial charge in [-0.15, -0.1) is 0 Å². The lowest BCUT2D eigenvalue weighted by Crippen LogP contribution is -2.29. The number of hydrogen-bond acceptors (Lipinski definition) is 7. The largest absolute Gasteiger partial charge is 0.507 e. The van der Waals surface area contributed by atoms with Gasteiger partial charge in [0, 0.05) is 5.56 Å². The van der Waals surface area contributed by atoms with Crippen molar-refractivity contribution >= 4 is 17.4 Å². The Labute approximate surface area is 183 Å². The number of carbonyl (C=O) groups is 2. The third kappa shape index (κ3) is 3.26. The second-order valence-electron chi connectivity index (χ2n) is 7.35. The first-order chi connectivity index (χ1) is 15.6. The molecule has 1 atom stereocenters. The lowest BCUT2D eigenvalue weighted by Gasteiger charge is -2.24. The van der Waals surface area contributed by atoms with E-state index in [4.69, 9.17) is 18.6 Å². The number of ketones is 1. The van der Waals surface area contributed by atoms with Crippen molar-refractivity contribution < 1.29 is 33.3 Å². The molecule has 1 N–H and O–H groups in total. The number of nitrogens with zero attached hydrogens (tertiary/aromatic N) is 1. The number of furan rings is 1. The molecule has 3 heterocycles. The van der Waals surface area contributed by atoms with Gasteiger partial charge < -0.3 is 28.6 Å². The van der Waals surface area contributed by atoms with Crippen LogP contribution >= 0.6 is 0 Å². The number of ether oxygens (including phenoxy) is 3. The fourth-order valence-electron chi connectivity index (χ4n) is 3.95. The summed E-state index contributed by atoms with van der Waals surface area (Å²) in [7, 11) is 1.55. The second kappa shape index (κ2) is 7.81. The lowest BCUT2D eigenvalue weighted by molar-refractivity contribution is -0.140. The molecule has 0 radical (unpaired) electrons. The summed E-state index contributed by atoms with van der Waals surface area (Å²) in [5.41, 5.74) is 0.994. The Morgan fingerprint density at radius 2 is 1.88 bits per heavy atom. The summed E-state index contributed by atoms with van der Waals surface area (Å²) < 4.78 is 21.3. The predicted molar refractivity (Wildman–Crippen MR) is 112 cm³/mol. The summed E-state index contributed by atoms with van der Waals surface area (Å²) in [5.74, 6) is 0.383. The molecular weight excluding hydrogens is 414 g/mol. The SMILES string of the molecule is COc1ccc(C2/C(=C(/O)c3ccc4c(c3)OCO4)C(=O)C(=O)N2Cc2ccco2)cc1. The number of carbonyl (C=O) groups excluding carboxylic acids is 2. The van der Waals surface area contributed by atoms with Crippen LogP contribution in [0.1, 0.15) is 22.9 Å². The van der Waals surface area contributed by atoms with E-state index >= 15 is 0 Å². The lowest BCUT2D eigenvalue weighted by atomic mass is 9.95. The third-order valence-corrected chi connectivity index (χ3v) is 5.52. The van der Waals surface area contributed by atoms with Crippen LogP contribution in [0.25, 0.3) is 5.76 Å². The third-order valence-electron chi connectivity index (χ3n) is 5.52. The molecule has 0 aliphatic carbocycles. The van der Waals surface area contributed by atoms with Crippen molar-refractivity contribution in [1.82, 2.24) is 4.90 Å². The first kappa shape index (κ1) is 19.7. The number of aliphatic hydroxyl groups is 1. The molecular formula is C24H19NO7. The normalized spacial score (nSPS) is 18.9. The molecule has 8 nitrogen and oxygen atoms in total. The van der Waals surface area contributed by atoms with E-state index in [0.29, 0.717) is 34.1 Å². The summed E-state index contributed by atoms with van der Waals surface area (Å²) >= 11 is 0. The van der Waals surface area contributed by atoms with Gasteiger partial charge in [0.2, 0.25) is 6.79 Å². The van der Waals surface area contributed by atoms with Crippen LogP contribution in [-0.2, 0) is 16.1 Å². The molecule has 32 heavy (non-hydrogen) atoms. The van der Waals surface area contributed by atoms with Crippen LogP contribution in [-0.4, -0.2) is 35.6 Å². The maximum atomic E-state index is 13.1. The average Bonchev–Trinajstić information content (AvgIpc) is 3.55. The first-order valence-electron chi connectivity index (χ1n) is 9.91. The van der Waals surface area contributed by atoms with Gasteiger partial charge in [-0.2, -0.15) is 0 Å². The average molecular weight is 433 g/mol. The van der Waals surface area contributed by atoms with Crippen molar-refractivity contribution in [3.8, 4) is 17.2 Å². The molecule has 1 saturated heterocycles. The number of amides is 1. The topological polar surface area (TPSA) is 98.4 Å². The van der Waals surface area contributed by atoms with Crippen LogP contribution in [0.4, 0.5) is 0 Å². The summed E-state index contributed by atoms with van der Waals surface area (Å²) in [6.45, 7) is 0.158. The highest BCUT2D eigenvalue weighted by atomic mass is 16.7. The fourth-order valence-corrected chi connectivity index (χ4v) is 3.95. The molecule has 8 heteroatoms. The van der Waals surface area contributed by atoms with Gasteiger partial charge in [-0.05, 0) is 48.0 Å². The van der Waals surface area contributed by atoms with Crippen molar-refractivity contribution in [1.29, 1.82) is 0 Å². The van der Waals surface area contributed by atoms with E-state index in [-0.39, 0.29) is 24.7 Å². The molecule has 0 spiro atoms. The minimum absolute atomic E-state index is 0.00871. The summed E-state index contributed by atoms with van der Waals surface area (Å²) in [6.07, 6.45) is 1.50. The minimum Gasteiger partial charge on any atom is -0.507 e. The molecule has 2 aromatic carbocycles. The highest BCUT2D eigenvalue weighted by Crippen LogP contribution is 2.42. The van der Waals surface area contributed by atoms with E-state index in [2.05, 4.69) is 0 Å². The number of aliphatic hydroxyl groups excluding tert-OH is 1. The van der Waals surface area contributed by atoms with E-state index in [1.54, 1.807) is 61.7 Å². The number of hydrogen-bond donors (Lipinski definition) is 1. The van der Waals surface area contributed by atoms with Gasteiger partial charge in [0.05, 0.1) is 31.5 Å². The summed E-state index contributed by atoms with van der Waals surface area (Å²) in [4.78, 5) is 27.5. The number of likely N-dealkylation sites (tertiary alicyclic amines) is 1. The maximum Gasteiger partial charge on any atom is 0.296 e. The molecule has 0 saturated carbocycles. The summed E-state index contributed by atoms with van der Waals surface area (Å²) in [6, 6.07) is 14.5. The van der Waals surface area contributed by atoms with Gasteiger partial charge in [-0.1, -0.05) is 12.1 Å². The zero-order valence-corrected chi connectivity index (χ0v) is 17.1. The Hall–Kier alpha value is -4.20. The van der Waals surface area contributed by atoms with Gasteiger partial charge in [-0.3, -0.25) is 9.59 Å². The Kier molecular flexibility index (Phi) is 4.82. The Bertz CT molecular complexity index is 1210. The number of fused-ring (bicyclic) bond motifs is 1. The van der Waals surface area contributed by atoms with Crippen LogP contribution < -0.4 is 14.2 Å². The Morgan fingerprint density at radius 1 is 1.09 bits per heavy atom.